The Morgan fingerprint density at radius 3 is 2.33 bits per heavy atom. The van der Waals surface area contributed by atoms with Crippen molar-refractivity contribution in [3.8, 4) is 11.5 Å². The molecule has 0 amide bonds. The molecule has 0 aromatic heterocycles. The van der Waals surface area contributed by atoms with Crippen LogP contribution in [0.5, 0.6) is 11.5 Å². The van der Waals surface area contributed by atoms with E-state index in [0.717, 1.165) is 5.56 Å². The van der Waals surface area contributed by atoms with Gasteiger partial charge < -0.3 is 9.84 Å². The summed E-state index contributed by atoms with van der Waals surface area (Å²) in [7, 11) is 1.58. The second kappa shape index (κ2) is 4.92. The van der Waals surface area contributed by atoms with Gasteiger partial charge in [0.1, 0.15) is 11.5 Å². The summed E-state index contributed by atoms with van der Waals surface area (Å²) in [4.78, 5) is 12.3. The molecular weight excluding hydrogens is 228 g/mol. The van der Waals surface area contributed by atoms with E-state index in [1.807, 2.05) is 0 Å². The average molecular weight is 242 g/mol. The molecule has 0 bridgehead atoms. The molecule has 0 spiro atoms. The molecule has 0 unspecified atom stereocenters. The number of rotatable bonds is 3. The van der Waals surface area contributed by atoms with Crippen molar-refractivity contribution in [1.29, 1.82) is 0 Å². The topological polar surface area (TPSA) is 46.5 Å². The first-order chi connectivity index (χ1) is 8.61. The molecule has 0 heterocycles. The molecule has 1 N–H and O–H groups in total. The highest BCUT2D eigenvalue weighted by atomic mass is 16.5. The van der Waals surface area contributed by atoms with Gasteiger partial charge in [0.25, 0.3) is 0 Å². The van der Waals surface area contributed by atoms with Crippen LogP contribution in [0.4, 0.5) is 0 Å². The molecule has 0 fully saturated rings. The Bertz CT molecular complexity index is 571. The SMILES string of the molecule is COc1ccc(C(=O)c2ccc(O)cc2C)cc1. The monoisotopic (exact) mass is 242 g/mol. The van der Waals surface area contributed by atoms with Crippen molar-refractivity contribution in [2.24, 2.45) is 0 Å². The number of methoxy groups -OCH3 is 1. The molecule has 92 valence electrons. The first-order valence-corrected chi connectivity index (χ1v) is 5.60. The molecule has 0 radical (unpaired) electrons. The highest BCUT2D eigenvalue weighted by Gasteiger charge is 2.11. The highest BCUT2D eigenvalue weighted by Crippen LogP contribution is 2.20. The molecule has 0 saturated heterocycles. The van der Waals surface area contributed by atoms with Crippen molar-refractivity contribution >= 4 is 5.78 Å². The third-order valence-corrected chi connectivity index (χ3v) is 2.81. The standard InChI is InChI=1S/C15H14O3/c1-10-9-12(16)5-8-14(10)15(17)11-3-6-13(18-2)7-4-11/h3-9,16H,1-2H3. The van der Waals surface area contributed by atoms with Crippen LogP contribution in [-0.4, -0.2) is 18.0 Å². The molecule has 18 heavy (non-hydrogen) atoms. The van der Waals surface area contributed by atoms with E-state index in [2.05, 4.69) is 0 Å². The van der Waals surface area contributed by atoms with Gasteiger partial charge in [-0.25, -0.2) is 0 Å². The molecule has 2 aromatic rings. The van der Waals surface area contributed by atoms with Crippen molar-refractivity contribution < 1.29 is 14.6 Å². The highest BCUT2D eigenvalue weighted by molar-refractivity contribution is 6.10. The maximum atomic E-state index is 12.3. The quantitative estimate of drug-likeness (QED) is 0.842. The summed E-state index contributed by atoms with van der Waals surface area (Å²) in [6.45, 7) is 1.80. The van der Waals surface area contributed by atoms with Crippen LogP contribution in [0.1, 0.15) is 21.5 Å². The van der Waals surface area contributed by atoms with Gasteiger partial charge in [0.2, 0.25) is 0 Å². The summed E-state index contributed by atoms with van der Waals surface area (Å²) in [5.74, 6) is 0.822. The van der Waals surface area contributed by atoms with Gasteiger partial charge >= 0.3 is 0 Å². The zero-order chi connectivity index (χ0) is 13.1. The number of phenols is 1. The number of aryl methyl sites for hydroxylation is 1. The minimum absolute atomic E-state index is 0.0600. The van der Waals surface area contributed by atoms with Crippen LogP contribution in [-0.2, 0) is 0 Å². The van der Waals surface area contributed by atoms with Crippen LogP contribution in [0.2, 0.25) is 0 Å². The smallest absolute Gasteiger partial charge is 0.193 e. The van der Waals surface area contributed by atoms with Crippen molar-refractivity contribution in [1.82, 2.24) is 0 Å². The minimum Gasteiger partial charge on any atom is -0.508 e. The van der Waals surface area contributed by atoms with Crippen LogP contribution in [0.25, 0.3) is 0 Å². The summed E-state index contributed by atoms with van der Waals surface area (Å²) < 4.78 is 5.05. The number of carbonyl (C=O) groups excluding carboxylic acids is 1. The van der Waals surface area contributed by atoms with Crippen LogP contribution >= 0.6 is 0 Å². The fourth-order valence-corrected chi connectivity index (χ4v) is 1.80. The molecule has 2 aromatic carbocycles. The summed E-state index contributed by atoms with van der Waals surface area (Å²) in [5, 5.41) is 9.33. The van der Waals surface area contributed by atoms with E-state index in [4.69, 9.17) is 4.74 Å². The van der Waals surface area contributed by atoms with Crippen LogP contribution in [0.3, 0.4) is 0 Å². The Hall–Kier alpha value is -2.29. The molecule has 2 rings (SSSR count). The summed E-state index contributed by atoms with van der Waals surface area (Å²) in [6.07, 6.45) is 0. The predicted octanol–water partition coefficient (Wildman–Crippen LogP) is 2.94. The lowest BCUT2D eigenvalue weighted by molar-refractivity contribution is 0.103. The molecule has 0 aliphatic heterocycles. The Morgan fingerprint density at radius 1 is 1.11 bits per heavy atom. The van der Waals surface area contributed by atoms with Gasteiger partial charge in [0.05, 0.1) is 7.11 Å². The largest absolute Gasteiger partial charge is 0.508 e. The number of ether oxygens (including phenoxy) is 1. The second-order valence-electron chi connectivity index (χ2n) is 4.06. The molecule has 3 nitrogen and oxygen atoms in total. The average Bonchev–Trinajstić information content (AvgIpc) is 2.38. The normalized spacial score (nSPS) is 10.1. The lowest BCUT2D eigenvalue weighted by Crippen LogP contribution is -2.03. The number of phenolic OH excluding ortho intramolecular Hbond substituents is 1. The molecule has 0 saturated carbocycles. The first kappa shape index (κ1) is 12.2. The lowest BCUT2D eigenvalue weighted by atomic mass is 9.99. The third kappa shape index (κ3) is 2.35. The number of carbonyl (C=O) groups is 1. The molecule has 0 aliphatic carbocycles. The zero-order valence-electron chi connectivity index (χ0n) is 10.3. The Labute approximate surface area is 106 Å². The van der Waals surface area contributed by atoms with Gasteiger partial charge in [-0.3, -0.25) is 4.79 Å². The Morgan fingerprint density at radius 2 is 1.78 bits per heavy atom. The van der Waals surface area contributed by atoms with E-state index in [0.29, 0.717) is 16.9 Å². The van der Waals surface area contributed by atoms with E-state index in [1.54, 1.807) is 50.4 Å². The number of ketones is 1. The fraction of sp³-hybridized carbons (Fsp3) is 0.133. The fourth-order valence-electron chi connectivity index (χ4n) is 1.80. The van der Waals surface area contributed by atoms with E-state index >= 15 is 0 Å². The van der Waals surface area contributed by atoms with Gasteiger partial charge in [0, 0.05) is 11.1 Å². The van der Waals surface area contributed by atoms with E-state index in [9.17, 15) is 9.90 Å². The molecular formula is C15H14O3. The zero-order valence-corrected chi connectivity index (χ0v) is 10.3. The van der Waals surface area contributed by atoms with E-state index < -0.39 is 0 Å². The van der Waals surface area contributed by atoms with Crippen molar-refractivity contribution in [2.45, 2.75) is 6.92 Å². The third-order valence-electron chi connectivity index (χ3n) is 2.81. The van der Waals surface area contributed by atoms with Gasteiger partial charge in [-0.2, -0.15) is 0 Å². The van der Waals surface area contributed by atoms with Gasteiger partial charge in [0.15, 0.2) is 5.78 Å². The predicted molar refractivity (Wildman–Crippen MR) is 69.3 cm³/mol. The molecule has 0 aliphatic rings. The number of benzene rings is 2. The van der Waals surface area contributed by atoms with Crippen molar-refractivity contribution in [2.75, 3.05) is 7.11 Å². The summed E-state index contributed by atoms with van der Waals surface area (Å²) in [5.41, 5.74) is 1.96. The number of aromatic hydroxyl groups is 1. The second-order valence-corrected chi connectivity index (χ2v) is 4.06. The maximum Gasteiger partial charge on any atom is 0.193 e. The van der Waals surface area contributed by atoms with Gasteiger partial charge in [-0.15, -0.1) is 0 Å². The number of hydrogen-bond donors (Lipinski definition) is 1. The molecule has 3 heteroatoms. The lowest BCUT2D eigenvalue weighted by Gasteiger charge is -2.06. The summed E-state index contributed by atoms with van der Waals surface area (Å²) >= 11 is 0. The van der Waals surface area contributed by atoms with E-state index in [-0.39, 0.29) is 11.5 Å². The van der Waals surface area contributed by atoms with Gasteiger partial charge in [-0.1, -0.05) is 0 Å². The molecule has 0 atom stereocenters. The maximum absolute atomic E-state index is 12.3. The van der Waals surface area contributed by atoms with Crippen LogP contribution in [0, 0.1) is 6.92 Å². The van der Waals surface area contributed by atoms with Crippen molar-refractivity contribution in [3.05, 3.63) is 59.2 Å². The Kier molecular flexibility index (Phi) is 3.33. The van der Waals surface area contributed by atoms with Gasteiger partial charge in [-0.05, 0) is 55.0 Å². The van der Waals surface area contributed by atoms with E-state index in [1.165, 1.54) is 6.07 Å². The first-order valence-electron chi connectivity index (χ1n) is 5.60. The van der Waals surface area contributed by atoms with Crippen LogP contribution < -0.4 is 4.74 Å². The minimum atomic E-state index is -0.0600. The van der Waals surface area contributed by atoms with Crippen molar-refractivity contribution in [3.63, 3.8) is 0 Å². The Balaban J connectivity index is 2.35. The summed E-state index contributed by atoms with van der Waals surface area (Å²) in [6, 6.07) is 11.7. The number of hydrogen-bond acceptors (Lipinski definition) is 3. The van der Waals surface area contributed by atoms with Crippen LogP contribution in [0.15, 0.2) is 42.5 Å².